The van der Waals surface area contributed by atoms with Crippen LogP contribution < -0.4 is 5.32 Å². The van der Waals surface area contributed by atoms with Crippen molar-refractivity contribution in [3.05, 3.63) is 51.2 Å². The van der Waals surface area contributed by atoms with E-state index in [-0.39, 0.29) is 5.69 Å². The van der Waals surface area contributed by atoms with Gasteiger partial charge in [-0.15, -0.1) is 0 Å². The molecule has 128 valence electrons. The fourth-order valence-corrected chi connectivity index (χ4v) is 3.07. The standard InChI is InChI=1S/C17H19ClN2O4/c18-16-8-13(20(21)22)3-5-15(16)17-6-4-14(24-17)10-19-9-12-2-1-7-23-11-12/h3-6,8,12,19H,1-2,7,9-11H2. The van der Waals surface area contributed by atoms with E-state index in [2.05, 4.69) is 5.32 Å². The molecule has 0 saturated carbocycles. The number of nitro benzene ring substituents is 1. The summed E-state index contributed by atoms with van der Waals surface area (Å²) in [5, 5.41) is 14.4. The molecule has 1 atom stereocenters. The van der Waals surface area contributed by atoms with Crippen LogP contribution >= 0.6 is 11.6 Å². The summed E-state index contributed by atoms with van der Waals surface area (Å²) in [5.74, 6) is 1.96. The largest absolute Gasteiger partial charge is 0.460 e. The van der Waals surface area contributed by atoms with Crippen LogP contribution in [0.5, 0.6) is 0 Å². The molecule has 7 heteroatoms. The molecule has 1 N–H and O–H groups in total. The van der Waals surface area contributed by atoms with E-state index >= 15 is 0 Å². The Balaban J connectivity index is 1.59. The van der Waals surface area contributed by atoms with Crippen molar-refractivity contribution in [3.8, 4) is 11.3 Å². The Morgan fingerprint density at radius 3 is 2.92 bits per heavy atom. The van der Waals surface area contributed by atoms with Crippen molar-refractivity contribution in [2.45, 2.75) is 19.4 Å². The van der Waals surface area contributed by atoms with Crippen LogP contribution in [0.2, 0.25) is 5.02 Å². The highest BCUT2D eigenvalue weighted by Gasteiger charge is 2.15. The first-order chi connectivity index (χ1) is 11.6. The summed E-state index contributed by atoms with van der Waals surface area (Å²) in [6.45, 7) is 3.21. The van der Waals surface area contributed by atoms with Crippen LogP contribution in [0.25, 0.3) is 11.3 Å². The lowest BCUT2D eigenvalue weighted by molar-refractivity contribution is -0.384. The normalized spacial score (nSPS) is 17.8. The van der Waals surface area contributed by atoms with Crippen molar-refractivity contribution in [3.63, 3.8) is 0 Å². The maximum Gasteiger partial charge on any atom is 0.270 e. The van der Waals surface area contributed by atoms with Gasteiger partial charge in [0.25, 0.3) is 5.69 Å². The van der Waals surface area contributed by atoms with Gasteiger partial charge in [-0.1, -0.05) is 11.6 Å². The van der Waals surface area contributed by atoms with Gasteiger partial charge in [-0.25, -0.2) is 0 Å². The molecule has 1 aromatic heterocycles. The molecule has 0 amide bonds. The van der Waals surface area contributed by atoms with E-state index in [1.54, 1.807) is 6.07 Å². The Hall–Kier alpha value is -1.89. The maximum atomic E-state index is 10.8. The number of nitrogens with zero attached hydrogens (tertiary/aromatic N) is 1. The number of ether oxygens (including phenoxy) is 1. The summed E-state index contributed by atoms with van der Waals surface area (Å²) in [7, 11) is 0. The number of nitro groups is 1. The number of hydrogen-bond acceptors (Lipinski definition) is 5. The van der Waals surface area contributed by atoms with Crippen molar-refractivity contribution in [1.29, 1.82) is 0 Å². The third-order valence-corrected chi connectivity index (χ3v) is 4.39. The molecule has 1 aliphatic heterocycles. The Kier molecular flexibility index (Phi) is 5.50. The minimum Gasteiger partial charge on any atom is -0.460 e. The monoisotopic (exact) mass is 350 g/mol. The third kappa shape index (κ3) is 4.14. The summed E-state index contributed by atoms with van der Waals surface area (Å²) in [5.41, 5.74) is 0.612. The predicted octanol–water partition coefficient (Wildman–Crippen LogP) is 4.02. The SMILES string of the molecule is O=[N+]([O-])c1ccc(-c2ccc(CNCC3CCCOC3)o2)c(Cl)c1. The summed E-state index contributed by atoms with van der Waals surface area (Å²) in [6, 6.07) is 8.08. The van der Waals surface area contributed by atoms with Gasteiger partial charge >= 0.3 is 0 Å². The first kappa shape index (κ1) is 17.0. The van der Waals surface area contributed by atoms with Crippen molar-refractivity contribution in [1.82, 2.24) is 5.32 Å². The molecule has 0 aliphatic carbocycles. The lowest BCUT2D eigenvalue weighted by Crippen LogP contribution is -2.28. The highest BCUT2D eigenvalue weighted by molar-refractivity contribution is 6.33. The molecular formula is C17H19ClN2O4. The fourth-order valence-electron chi connectivity index (χ4n) is 2.80. The van der Waals surface area contributed by atoms with Gasteiger partial charge in [-0.05, 0) is 37.0 Å². The Morgan fingerprint density at radius 2 is 2.21 bits per heavy atom. The van der Waals surface area contributed by atoms with Gasteiger partial charge in [-0.2, -0.15) is 0 Å². The van der Waals surface area contributed by atoms with Crippen molar-refractivity contribution in [2.24, 2.45) is 5.92 Å². The summed E-state index contributed by atoms with van der Waals surface area (Å²) in [6.07, 6.45) is 2.31. The number of non-ortho nitro benzene ring substituents is 1. The van der Waals surface area contributed by atoms with E-state index in [1.165, 1.54) is 18.6 Å². The number of nitrogens with one attached hydrogen (secondary N) is 1. The maximum absolute atomic E-state index is 10.8. The predicted molar refractivity (Wildman–Crippen MR) is 91.1 cm³/mol. The zero-order valence-electron chi connectivity index (χ0n) is 13.2. The lowest BCUT2D eigenvalue weighted by Gasteiger charge is -2.21. The van der Waals surface area contributed by atoms with Crippen molar-refractivity contribution < 1.29 is 14.1 Å². The minimum atomic E-state index is -0.470. The number of hydrogen-bond donors (Lipinski definition) is 1. The Labute approximate surface area is 144 Å². The molecule has 0 spiro atoms. The molecule has 24 heavy (non-hydrogen) atoms. The smallest absolute Gasteiger partial charge is 0.270 e. The summed E-state index contributed by atoms with van der Waals surface area (Å²) in [4.78, 5) is 10.3. The third-order valence-electron chi connectivity index (χ3n) is 4.08. The molecule has 0 bridgehead atoms. The van der Waals surface area contributed by atoms with Crippen LogP contribution in [0, 0.1) is 16.0 Å². The molecular weight excluding hydrogens is 332 g/mol. The van der Waals surface area contributed by atoms with Crippen LogP contribution in [0.15, 0.2) is 34.7 Å². The number of benzene rings is 1. The van der Waals surface area contributed by atoms with Crippen LogP contribution in [0.3, 0.4) is 0 Å². The molecule has 1 saturated heterocycles. The summed E-state index contributed by atoms with van der Waals surface area (Å²) >= 11 is 6.13. The van der Waals surface area contributed by atoms with Gasteiger partial charge in [0, 0.05) is 30.8 Å². The van der Waals surface area contributed by atoms with E-state index in [1.807, 2.05) is 12.1 Å². The summed E-state index contributed by atoms with van der Waals surface area (Å²) < 4.78 is 11.3. The number of halogens is 1. The second kappa shape index (κ2) is 7.79. The van der Waals surface area contributed by atoms with Gasteiger partial charge in [0.2, 0.25) is 0 Å². The van der Waals surface area contributed by atoms with Gasteiger partial charge < -0.3 is 14.5 Å². The molecule has 0 radical (unpaired) electrons. The van der Waals surface area contributed by atoms with E-state index in [9.17, 15) is 10.1 Å². The van der Waals surface area contributed by atoms with Gasteiger partial charge in [0.1, 0.15) is 11.5 Å². The first-order valence-corrected chi connectivity index (χ1v) is 8.33. The molecule has 1 fully saturated rings. The lowest BCUT2D eigenvalue weighted by atomic mass is 10.0. The zero-order chi connectivity index (χ0) is 16.9. The first-order valence-electron chi connectivity index (χ1n) is 7.95. The fraction of sp³-hybridized carbons (Fsp3) is 0.412. The van der Waals surface area contributed by atoms with E-state index < -0.39 is 4.92 Å². The van der Waals surface area contributed by atoms with Crippen LogP contribution in [0.1, 0.15) is 18.6 Å². The Bertz CT molecular complexity index is 710. The van der Waals surface area contributed by atoms with Gasteiger partial charge in [0.15, 0.2) is 0 Å². The molecule has 1 aliphatic rings. The van der Waals surface area contributed by atoms with Crippen LogP contribution in [0.4, 0.5) is 5.69 Å². The highest BCUT2D eigenvalue weighted by atomic mass is 35.5. The van der Waals surface area contributed by atoms with E-state index in [0.29, 0.717) is 28.8 Å². The molecule has 2 heterocycles. The quantitative estimate of drug-likeness (QED) is 0.628. The number of furan rings is 1. The van der Waals surface area contributed by atoms with Gasteiger partial charge in [0.05, 0.1) is 23.1 Å². The molecule has 6 nitrogen and oxygen atoms in total. The molecule has 2 aromatic rings. The van der Waals surface area contributed by atoms with Crippen LogP contribution in [-0.4, -0.2) is 24.7 Å². The number of rotatable bonds is 6. The molecule has 1 unspecified atom stereocenters. The van der Waals surface area contributed by atoms with E-state index in [4.69, 9.17) is 20.8 Å². The second-order valence-corrected chi connectivity index (χ2v) is 6.31. The average Bonchev–Trinajstić information content (AvgIpc) is 3.04. The second-order valence-electron chi connectivity index (χ2n) is 5.90. The molecule has 3 rings (SSSR count). The average molecular weight is 351 g/mol. The van der Waals surface area contributed by atoms with E-state index in [0.717, 1.165) is 31.9 Å². The van der Waals surface area contributed by atoms with Crippen LogP contribution in [-0.2, 0) is 11.3 Å². The Morgan fingerprint density at radius 1 is 1.33 bits per heavy atom. The van der Waals surface area contributed by atoms with Gasteiger partial charge in [-0.3, -0.25) is 10.1 Å². The molecule has 1 aromatic carbocycles. The highest BCUT2D eigenvalue weighted by Crippen LogP contribution is 2.32. The van der Waals surface area contributed by atoms with Crippen molar-refractivity contribution in [2.75, 3.05) is 19.8 Å². The topological polar surface area (TPSA) is 77.5 Å². The zero-order valence-corrected chi connectivity index (χ0v) is 13.9. The minimum absolute atomic E-state index is 0.0353. The van der Waals surface area contributed by atoms with Crippen molar-refractivity contribution >= 4 is 17.3 Å².